The average Bonchev–Trinajstić information content (AvgIpc) is 2.38. The Bertz CT molecular complexity index is 434. The maximum absolute atomic E-state index is 12.0. The van der Waals surface area contributed by atoms with Crippen molar-refractivity contribution in [2.45, 2.75) is 26.4 Å². The van der Waals surface area contributed by atoms with E-state index in [0.29, 0.717) is 18.2 Å². The molecule has 0 bridgehead atoms. The molecule has 1 saturated heterocycles. The highest BCUT2D eigenvalue weighted by Crippen LogP contribution is 2.14. The first-order valence-corrected chi connectivity index (χ1v) is 7.05. The van der Waals surface area contributed by atoms with Crippen molar-refractivity contribution in [3.8, 4) is 0 Å². The SMILES string of the molecule is CC(C)(C)OC(=O)N1CCN(C2=CC=C(Cl)NN2)CC1. The first-order chi connectivity index (χ1) is 9.35. The van der Waals surface area contributed by atoms with Crippen molar-refractivity contribution in [2.75, 3.05) is 26.2 Å². The van der Waals surface area contributed by atoms with Crippen LogP contribution in [-0.4, -0.2) is 47.7 Å². The third-order valence-corrected chi connectivity index (χ3v) is 3.19. The molecule has 2 rings (SSSR count). The summed E-state index contributed by atoms with van der Waals surface area (Å²) in [7, 11) is 0. The number of ether oxygens (including phenoxy) is 1. The standard InChI is InChI=1S/C13H21ClN4O2/c1-13(2,3)20-12(19)18-8-6-17(7-9-18)11-5-4-10(14)15-16-11/h4-5,15-16H,6-9H2,1-3H3. The van der Waals surface area contributed by atoms with Gasteiger partial charge >= 0.3 is 6.09 Å². The molecule has 7 heteroatoms. The van der Waals surface area contributed by atoms with E-state index < -0.39 is 5.60 Å². The summed E-state index contributed by atoms with van der Waals surface area (Å²) < 4.78 is 5.37. The van der Waals surface area contributed by atoms with E-state index in [4.69, 9.17) is 16.3 Å². The first-order valence-electron chi connectivity index (χ1n) is 6.67. The largest absolute Gasteiger partial charge is 0.444 e. The minimum atomic E-state index is -0.451. The Morgan fingerprint density at radius 2 is 1.85 bits per heavy atom. The summed E-state index contributed by atoms with van der Waals surface area (Å²) in [6, 6.07) is 0. The van der Waals surface area contributed by atoms with Crippen LogP contribution in [0.2, 0.25) is 0 Å². The number of carbonyl (C=O) groups excluding carboxylic acids is 1. The molecule has 1 amide bonds. The van der Waals surface area contributed by atoms with Crippen molar-refractivity contribution in [1.29, 1.82) is 0 Å². The first kappa shape index (κ1) is 14.8. The quantitative estimate of drug-likeness (QED) is 0.720. The van der Waals surface area contributed by atoms with Crippen molar-refractivity contribution in [1.82, 2.24) is 20.7 Å². The second-order valence-corrected chi connectivity index (χ2v) is 6.18. The number of amides is 1. The Balaban J connectivity index is 1.85. The van der Waals surface area contributed by atoms with Crippen LogP contribution in [0.5, 0.6) is 0 Å². The molecule has 0 aromatic rings. The molecule has 0 saturated carbocycles. The number of piperazine rings is 1. The number of carbonyl (C=O) groups is 1. The van der Waals surface area contributed by atoms with Crippen molar-refractivity contribution in [3.63, 3.8) is 0 Å². The van der Waals surface area contributed by atoms with Crippen molar-refractivity contribution < 1.29 is 9.53 Å². The summed E-state index contributed by atoms with van der Waals surface area (Å²) in [4.78, 5) is 15.9. The van der Waals surface area contributed by atoms with Gasteiger partial charge in [0.25, 0.3) is 0 Å². The van der Waals surface area contributed by atoms with Gasteiger partial charge < -0.3 is 14.5 Å². The van der Waals surface area contributed by atoms with Crippen LogP contribution in [0, 0.1) is 0 Å². The molecular weight excluding hydrogens is 280 g/mol. The lowest BCUT2D eigenvalue weighted by atomic mass is 10.2. The highest BCUT2D eigenvalue weighted by Gasteiger charge is 2.26. The maximum atomic E-state index is 12.0. The molecule has 6 nitrogen and oxygen atoms in total. The lowest BCUT2D eigenvalue weighted by Gasteiger charge is -2.38. The van der Waals surface area contributed by atoms with Gasteiger partial charge in [0.15, 0.2) is 0 Å². The summed E-state index contributed by atoms with van der Waals surface area (Å²) in [6.45, 7) is 8.42. The zero-order chi connectivity index (χ0) is 14.8. The van der Waals surface area contributed by atoms with Crippen molar-refractivity contribution in [3.05, 3.63) is 23.1 Å². The van der Waals surface area contributed by atoms with Crippen LogP contribution in [-0.2, 0) is 4.74 Å². The molecule has 0 aliphatic carbocycles. The molecule has 0 spiro atoms. The molecule has 0 unspecified atom stereocenters. The molecule has 1 fully saturated rings. The molecule has 2 N–H and O–H groups in total. The Labute approximate surface area is 124 Å². The van der Waals surface area contributed by atoms with E-state index in [-0.39, 0.29) is 6.09 Å². The molecule has 0 aromatic carbocycles. The average molecular weight is 301 g/mol. The van der Waals surface area contributed by atoms with Gasteiger partial charge in [0, 0.05) is 26.2 Å². The number of hydrazine groups is 1. The van der Waals surface area contributed by atoms with Gasteiger partial charge in [-0.1, -0.05) is 11.6 Å². The van der Waals surface area contributed by atoms with Gasteiger partial charge in [-0.05, 0) is 32.9 Å². The van der Waals surface area contributed by atoms with Crippen LogP contribution in [0.4, 0.5) is 4.79 Å². The van der Waals surface area contributed by atoms with E-state index in [1.165, 1.54) is 0 Å². The Morgan fingerprint density at radius 3 is 2.35 bits per heavy atom. The molecule has 20 heavy (non-hydrogen) atoms. The van der Waals surface area contributed by atoms with Gasteiger partial charge in [0.05, 0.1) is 0 Å². The second-order valence-electron chi connectivity index (χ2n) is 5.77. The smallest absolute Gasteiger partial charge is 0.410 e. The zero-order valence-corrected chi connectivity index (χ0v) is 12.8. The van der Waals surface area contributed by atoms with E-state index in [0.717, 1.165) is 18.9 Å². The van der Waals surface area contributed by atoms with Gasteiger partial charge in [-0.3, -0.25) is 10.9 Å². The Kier molecular flexibility index (Phi) is 4.32. The van der Waals surface area contributed by atoms with Crippen LogP contribution in [0.3, 0.4) is 0 Å². The van der Waals surface area contributed by atoms with Crippen LogP contribution >= 0.6 is 11.6 Å². The Hall–Kier alpha value is -1.56. The maximum Gasteiger partial charge on any atom is 0.410 e. The summed E-state index contributed by atoms with van der Waals surface area (Å²) >= 11 is 5.80. The molecule has 0 atom stereocenters. The van der Waals surface area contributed by atoms with Crippen LogP contribution in [0.15, 0.2) is 23.1 Å². The highest BCUT2D eigenvalue weighted by molar-refractivity contribution is 6.29. The summed E-state index contributed by atoms with van der Waals surface area (Å²) in [5, 5.41) is 0.557. The highest BCUT2D eigenvalue weighted by atomic mass is 35.5. The molecule has 2 heterocycles. The van der Waals surface area contributed by atoms with Crippen molar-refractivity contribution in [2.24, 2.45) is 0 Å². The predicted molar refractivity (Wildman–Crippen MR) is 77.7 cm³/mol. The second kappa shape index (κ2) is 5.83. The minimum absolute atomic E-state index is 0.246. The summed E-state index contributed by atoms with van der Waals surface area (Å²) in [5.74, 6) is 0.957. The fourth-order valence-corrected chi connectivity index (χ4v) is 2.11. The lowest BCUT2D eigenvalue weighted by molar-refractivity contribution is 0.0163. The molecular formula is C13H21ClN4O2. The van der Waals surface area contributed by atoms with Gasteiger partial charge in [0.1, 0.15) is 16.6 Å². The Morgan fingerprint density at radius 1 is 1.20 bits per heavy atom. The fraction of sp³-hybridized carbons (Fsp3) is 0.615. The number of rotatable bonds is 1. The van der Waals surface area contributed by atoms with E-state index in [1.54, 1.807) is 11.0 Å². The summed E-state index contributed by atoms with van der Waals surface area (Å²) in [5.41, 5.74) is 5.43. The number of nitrogens with one attached hydrogen (secondary N) is 2. The molecule has 0 radical (unpaired) electrons. The topological polar surface area (TPSA) is 56.8 Å². The number of hydrogen-bond acceptors (Lipinski definition) is 5. The lowest BCUT2D eigenvalue weighted by Crippen LogP contribution is -2.52. The van der Waals surface area contributed by atoms with Crippen LogP contribution in [0.25, 0.3) is 0 Å². The summed E-state index contributed by atoms with van der Waals surface area (Å²) in [6.07, 6.45) is 3.47. The number of hydrogen-bond donors (Lipinski definition) is 2. The van der Waals surface area contributed by atoms with Gasteiger partial charge in [-0.15, -0.1) is 0 Å². The monoisotopic (exact) mass is 300 g/mol. The molecule has 0 aromatic heterocycles. The predicted octanol–water partition coefficient (Wildman–Crippen LogP) is 1.57. The van der Waals surface area contributed by atoms with Gasteiger partial charge in [-0.25, -0.2) is 4.79 Å². The number of allylic oxidation sites excluding steroid dienone is 2. The minimum Gasteiger partial charge on any atom is -0.444 e. The number of nitrogens with zero attached hydrogens (tertiary/aromatic N) is 2. The molecule has 2 aliphatic heterocycles. The zero-order valence-electron chi connectivity index (χ0n) is 12.1. The normalized spacial score (nSPS) is 19.6. The van der Waals surface area contributed by atoms with Crippen LogP contribution < -0.4 is 10.9 Å². The van der Waals surface area contributed by atoms with Gasteiger partial charge in [-0.2, -0.15) is 0 Å². The third-order valence-electron chi connectivity index (χ3n) is 2.97. The van der Waals surface area contributed by atoms with Gasteiger partial charge in [0.2, 0.25) is 0 Å². The van der Waals surface area contributed by atoms with E-state index in [1.807, 2.05) is 26.8 Å². The van der Waals surface area contributed by atoms with E-state index in [2.05, 4.69) is 15.8 Å². The number of halogens is 1. The van der Waals surface area contributed by atoms with E-state index >= 15 is 0 Å². The van der Waals surface area contributed by atoms with Crippen molar-refractivity contribution >= 4 is 17.7 Å². The van der Waals surface area contributed by atoms with Crippen LogP contribution in [0.1, 0.15) is 20.8 Å². The van der Waals surface area contributed by atoms with E-state index in [9.17, 15) is 4.79 Å². The molecule has 112 valence electrons. The molecule has 2 aliphatic rings. The third kappa shape index (κ3) is 3.96. The fourth-order valence-electron chi connectivity index (χ4n) is 2.00.